The van der Waals surface area contributed by atoms with Gasteiger partial charge in [0.15, 0.2) is 17.2 Å². The van der Waals surface area contributed by atoms with Crippen LogP contribution in [0, 0.1) is 0 Å². The molecule has 0 aliphatic heterocycles. The first-order valence-electron chi connectivity index (χ1n) is 6.79. The number of hydrogen-bond acceptors (Lipinski definition) is 6. The summed E-state index contributed by atoms with van der Waals surface area (Å²) in [7, 11) is 6.19. The number of carboxylic acids is 1. The molecule has 8 nitrogen and oxygen atoms in total. The lowest BCUT2D eigenvalue weighted by molar-refractivity contribution is 0.0686. The Kier molecular flexibility index (Phi) is 4.95. The van der Waals surface area contributed by atoms with Gasteiger partial charge in [0, 0.05) is 13.6 Å². The smallest absolute Gasteiger partial charge is 0.356 e. The van der Waals surface area contributed by atoms with Crippen molar-refractivity contribution in [2.75, 3.05) is 26.6 Å². The predicted octanol–water partition coefficient (Wildman–Crippen LogP) is 1.76. The largest absolute Gasteiger partial charge is 0.493 e. The highest BCUT2D eigenvalue weighted by Crippen LogP contribution is 2.38. The number of rotatable bonds is 7. The molecule has 0 unspecified atom stereocenters. The van der Waals surface area contributed by atoms with Crippen LogP contribution in [0.4, 0.5) is 5.69 Å². The van der Waals surface area contributed by atoms with Crippen molar-refractivity contribution >= 4 is 11.7 Å². The first kappa shape index (κ1) is 16.5. The lowest BCUT2D eigenvalue weighted by Crippen LogP contribution is -2.09. The van der Waals surface area contributed by atoms with E-state index in [1.54, 1.807) is 19.2 Å². The number of carbonyl (C=O) groups is 1. The quantitative estimate of drug-likeness (QED) is 0.802. The molecule has 2 rings (SSSR count). The highest BCUT2D eigenvalue weighted by molar-refractivity contribution is 5.92. The number of anilines is 1. The third-order valence-corrected chi connectivity index (χ3v) is 3.35. The summed E-state index contributed by atoms with van der Waals surface area (Å²) in [5.41, 5.74) is 1.38. The number of aromatic carboxylic acids is 1. The molecule has 0 saturated carbocycles. The second-order valence-corrected chi connectivity index (χ2v) is 4.72. The highest BCUT2D eigenvalue weighted by Gasteiger charge is 2.17. The Morgan fingerprint density at radius 2 is 1.83 bits per heavy atom. The number of hydrogen-bond donors (Lipinski definition) is 2. The van der Waals surface area contributed by atoms with Gasteiger partial charge in [-0.2, -0.15) is 5.10 Å². The molecular weight excluding hydrogens is 302 g/mol. The van der Waals surface area contributed by atoms with Crippen LogP contribution in [-0.4, -0.2) is 42.2 Å². The van der Waals surface area contributed by atoms with Crippen molar-refractivity contribution in [3.8, 4) is 17.2 Å². The summed E-state index contributed by atoms with van der Waals surface area (Å²) in [5, 5.41) is 16.2. The van der Waals surface area contributed by atoms with Gasteiger partial charge in [-0.25, -0.2) is 4.79 Å². The lowest BCUT2D eigenvalue weighted by atomic mass is 10.1. The van der Waals surface area contributed by atoms with E-state index in [1.807, 2.05) is 0 Å². The first-order valence-corrected chi connectivity index (χ1v) is 6.79. The van der Waals surface area contributed by atoms with Crippen molar-refractivity contribution in [3.63, 3.8) is 0 Å². The van der Waals surface area contributed by atoms with Crippen molar-refractivity contribution in [1.82, 2.24) is 9.78 Å². The van der Waals surface area contributed by atoms with Gasteiger partial charge in [-0.1, -0.05) is 0 Å². The molecule has 0 aliphatic carbocycles. The lowest BCUT2D eigenvalue weighted by Gasteiger charge is -2.14. The van der Waals surface area contributed by atoms with E-state index in [-0.39, 0.29) is 5.69 Å². The number of nitrogens with zero attached hydrogens (tertiary/aromatic N) is 2. The van der Waals surface area contributed by atoms with Gasteiger partial charge >= 0.3 is 5.97 Å². The van der Waals surface area contributed by atoms with Crippen molar-refractivity contribution < 1.29 is 24.1 Å². The van der Waals surface area contributed by atoms with Crippen LogP contribution in [0.15, 0.2) is 18.3 Å². The second kappa shape index (κ2) is 6.91. The van der Waals surface area contributed by atoms with E-state index >= 15 is 0 Å². The average Bonchev–Trinajstić information content (AvgIpc) is 2.92. The third-order valence-electron chi connectivity index (χ3n) is 3.35. The van der Waals surface area contributed by atoms with E-state index in [1.165, 1.54) is 32.2 Å². The van der Waals surface area contributed by atoms with Gasteiger partial charge in [0.25, 0.3) is 0 Å². The van der Waals surface area contributed by atoms with Gasteiger partial charge in [0.1, 0.15) is 0 Å². The van der Waals surface area contributed by atoms with Crippen LogP contribution in [0.25, 0.3) is 0 Å². The van der Waals surface area contributed by atoms with E-state index < -0.39 is 5.97 Å². The number of carboxylic acid groups (broad SMARTS) is 1. The van der Waals surface area contributed by atoms with E-state index in [9.17, 15) is 9.90 Å². The number of aryl methyl sites for hydroxylation is 1. The molecule has 1 aromatic carbocycles. The molecule has 0 fully saturated rings. The highest BCUT2D eigenvalue weighted by atomic mass is 16.5. The fourth-order valence-electron chi connectivity index (χ4n) is 2.26. The number of benzene rings is 1. The van der Waals surface area contributed by atoms with Crippen LogP contribution in [0.5, 0.6) is 17.2 Å². The monoisotopic (exact) mass is 321 g/mol. The van der Waals surface area contributed by atoms with Gasteiger partial charge in [0.2, 0.25) is 5.75 Å². The molecule has 8 heteroatoms. The first-order chi connectivity index (χ1) is 11.0. The van der Waals surface area contributed by atoms with Crippen LogP contribution >= 0.6 is 0 Å². The van der Waals surface area contributed by atoms with E-state index in [0.29, 0.717) is 29.5 Å². The summed E-state index contributed by atoms with van der Waals surface area (Å²) in [5.74, 6) is 0.533. The van der Waals surface area contributed by atoms with Crippen molar-refractivity contribution in [2.24, 2.45) is 7.05 Å². The van der Waals surface area contributed by atoms with Crippen LogP contribution in [0.2, 0.25) is 0 Å². The van der Waals surface area contributed by atoms with Crippen LogP contribution in [-0.2, 0) is 13.6 Å². The van der Waals surface area contributed by atoms with Crippen molar-refractivity contribution in [1.29, 1.82) is 0 Å². The Hall–Kier alpha value is -2.90. The molecule has 1 aromatic heterocycles. The predicted molar refractivity (Wildman–Crippen MR) is 83.6 cm³/mol. The average molecular weight is 321 g/mol. The normalized spacial score (nSPS) is 10.3. The van der Waals surface area contributed by atoms with Gasteiger partial charge in [-0.05, 0) is 17.7 Å². The summed E-state index contributed by atoms with van der Waals surface area (Å²) < 4.78 is 17.2. The summed E-state index contributed by atoms with van der Waals surface area (Å²) in [4.78, 5) is 11.2. The van der Waals surface area contributed by atoms with Gasteiger partial charge in [-0.15, -0.1) is 0 Å². The zero-order valence-corrected chi connectivity index (χ0v) is 13.4. The van der Waals surface area contributed by atoms with E-state index in [4.69, 9.17) is 14.2 Å². The zero-order chi connectivity index (χ0) is 17.0. The second-order valence-electron chi connectivity index (χ2n) is 4.72. The fourth-order valence-corrected chi connectivity index (χ4v) is 2.26. The molecule has 2 N–H and O–H groups in total. The third kappa shape index (κ3) is 3.31. The molecule has 0 saturated heterocycles. The van der Waals surface area contributed by atoms with Crippen LogP contribution in [0.1, 0.15) is 16.1 Å². The van der Waals surface area contributed by atoms with E-state index in [2.05, 4.69) is 10.4 Å². The maximum absolute atomic E-state index is 11.2. The number of aromatic nitrogens is 2. The molecule has 23 heavy (non-hydrogen) atoms. The maximum Gasteiger partial charge on any atom is 0.356 e. The number of methoxy groups -OCH3 is 3. The minimum atomic E-state index is -1.04. The molecule has 0 amide bonds. The summed E-state index contributed by atoms with van der Waals surface area (Å²) in [6.07, 6.45) is 1.47. The molecule has 2 aromatic rings. The number of ether oxygens (including phenoxy) is 3. The summed E-state index contributed by atoms with van der Waals surface area (Å²) in [6.45, 7) is 0.378. The fraction of sp³-hybridized carbons (Fsp3) is 0.333. The zero-order valence-electron chi connectivity index (χ0n) is 13.4. The SMILES string of the molecule is COc1cc(CNc2cnn(C)c2C(=O)O)cc(OC)c1OC. The molecule has 1 heterocycles. The molecule has 0 spiro atoms. The van der Waals surface area contributed by atoms with Gasteiger partial charge < -0.3 is 24.6 Å². The minimum absolute atomic E-state index is 0.0949. The standard InChI is InChI=1S/C15H19N3O5/c1-18-13(15(19)20)10(8-17-18)16-7-9-5-11(21-2)14(23-4)12(6-9)22-3/h5-6,8,16H,7H2,1-4H3,(H,19,20). The molecule has 0 bridgehead atoms. The maximum atomic E-state index is 11.2. The van der Waals surface area contributed by atoms with Gasteiger partial charge in [-0.3, -0.25) is 4.68 Å². The molecule has 124 valence electrons. The van der Waals surface area contributed by atoms with E-state index in [0.717, 1.165) is 5.56 Å². The summed E-state index contributed by atoms with van der Waals surface area (Å²) >= 11 is 0. The van der Waals surface area contributed by atoms with Crippen molar-refractivity contribution in [2.45, 2.75) is 6.54 Å². The Balaban J connectivity index is 2.26. The van der Waals surface area contributed by atoms with Crippen LogP contribution in [0.3, 0.4) is 0 Å². The Bertz CT molecular complexity index is 686. The Morgan fingerprint density at radius 3 is 2.30 bits per heavy atom. The van der Waals surface area contributed by atoms with Gasteiger partial charge in [0.05, 0.1) is 33.2 Å². The summed E-state index contributed by atoms with van der Waals surface area (Å²) in [6, 6.07) is 3.59. The van der Waals surface area contributed by atoms with Crippen LogP contribution < -0.4 is 19.5 Å². The minimum Gasteiger partial charge on any atom is -0.493 e. The number of nitrogens with one attached hydrogen (secondary N) is 1. The molecular formula is C15H19N3O5. The molecule has 0 aliphatic rings. The topological polar surface area (TPSA) is 94.8 Å². The Labute approximate surface area is 133 Å². The molecule has 0 atom stereocenters. The van der Waals surface area contributed by atoms with Crippen molar-refractivity contribution in [3.05, 3.63) is 29.6 Å². The Morgan fingerprint density at radius 1 is 1.22 bits per heavy atom. The molecule has 0 radical (unpaired) electrons.